The molecule has 0 amide bonds. The minimum atomic E-state index is -6.18. The Morgan fingerprint density at radius 2 is 1.67 bits per heavy atom. The van der Waals surface area contributed by atoms with Crippen molar-refractivity contribution in [2.24, 2.45) is 0 Å². The van der Waals surface area contributed by atoms with Crippen LogP contribution in [0.2, 0.25) is 0 Å². The number of halogens is 6. The first-order valence-corrected chi connectivity index (χ1v) is 9.19. The molecular formula is C21H12F6N4O2. The van der Waals surface area contributed by atoms with Gasteiger partial charge in [-0.1, -0.05) is 30.3 Å². The number of methoxy groups -OCH3 is 1. The monoisotopic (exact) mass is 466 g/mol. The molecule has 0 aliphatic carbocycles. The number of rotatable bonds is 5. The van der Waals surface area contributed by atoms with Crippen LogP contribution in [0.15, 0.2) is 54.7 Å². The van der Waals surface area contributed by atoms with Crippen LogP contribution in [-0.4, -0.2) is 44.8 Å². The van der Waals surface area contributed by atoms with Crippen LogP contribution in [0.5, 0.6) is 5.75 Å². The van der Waals surface area contributed by atoms with Gasteiger partial charge in [0, 0.05) is 11.1 Å². The lowest BCUT2D eigenvalue weighted by molar-refractivity contribution is -0.255. The van der Waals surface area contributed by atoms with Crippen molar-refractivity contribution in [3.8, 4) is 28.1 Å². The number of ether oxygens (including phenoxy) is 1. The van der Waals surface area contributed by atoms with Gasteiger partial charge in [-0.2, -0.15) is 27.1 Å². The summed E-state index contributed by atoms with van der Waals surface area (Å²) in [6.45, 7) is 0. The lowest BCUT2D eigenvalue weighted by Crippen LogP contribution is -2.44. The molecule has 2 aromatic heterocycles. The van der Waals surface area contributed by atoms with E-state index in [9.17, 15) is 31.1 Å². The summed E-state index contributed by atoms with van der Waals surface area (Å²) < 4.78 is 86.5. The first-order chi connectivity index (χ1) is 15.6. The summed E-state index contributed by atoms with van der Waals surface area (Å²) in [5.74, 6) is -9.57. The third-order valence-electron chi connectivity index (χ3n) is 4.79. The van der Waals surface area contributed by atoms with Gasteiger partial charge < -0.3 is 4.74 Å². The van der Waals surface area contributed by atoms with Gasteiger partial charge in [-0.3, -0.25) is 4.79 Å². The van der Waals surface area contributed by atoms with Crippen LogP contribution in [0.1, 0.15) is 10.5 Å². The van der Waals surface area contributed by atoms with Crippen LogP contribution in [-0.2, 0) is 0 Å². The van der Waals surface area contributed by atoms with Crippen LogP contribution in [0, 0.1) is 5.82 Å². The molecule has 12 heteroatoms. The minimum Gasteiger partial charge on any atom is -0.494 e. The van der Waals surface area contributed by atoms with Gasteiger partial charge in [0.1, 0.15) is 5.69 Å². The van der Waals surface area contributed by atoms with Crippen molar-refractivity contribution in [3.05, 3.63) is 66.2 Å². The maximum atomic E-state index is 14.4. The van der Waals surface area contributed by atoms with Gasteiger partial charge in [0.2, 0.25) is 0 Å². The first-order valence-electron chi connectivity index (χ1n) is 9.19. The molecule has 33 heavy (non-hydrogen) atoms. The third-order valence-corrected chi connectivity index (χ3v) is 4.79. The van der Waals surface area contributed by atoms with E-state index in [4.69, 9.17) is 4.74 Å². The normalized spacial score (nSPS) is 12.2. The lowest BCUT2D eigenvalue weighted by Gasteiger charge is -2.19. The van der Waals surface area contributed by atoms with Crippen molar-refractivity contribution in [2.75, 3.05) is 7.11 Å². The molecule has 2 aromatic carbocycles. The van der Waals surface area contributed by atoms with Gasteiger partial charge in [-0.25, -0.2) is 8.91 Å². The highest BCUT2D eigenvalue weighted by atomic mass is 19.4. The molecule has 4 aromatic rings. The van der Waals surface area contributed by atoms with Gasteiger partial charge in [0.05, 0.1) is 13.3 Å². The van der Waals surface area contributed by atoms with Crippen molar-refractivity contribution < 1.29 is 35.9 Å². The molecule has 0 unspecified atom stereocenters. The lowest BCUT2D eigenvalue weighted by atomic mass is 10.0. The van der Waals surface area contributed by atoms with Crippen LogP contribution < -0.4 is 4.74 Å². The highest BCUT2D eigenvalue weighted by Gasteiger charge is 2.64. The van der Waals surface area contributed by atoms with E-state index in [1.54, 1.807) is 30.3 Å². The third kappa shape index (κ3) is 3.66. The molecule has 0 aliphatic rings. The van der Waals surface area contributed by atoms with Crippen LogP contribution >= 0.6 is 0 Å². The zero-order valence-electron chi connectivity index (χ0n) is 16.6. The highest BCUT2D eigenvalue weighted by Crippen LogP contribution is 2.40. The number of hydrogen-bond donors (Lipinski definition) is 0. The quantitative estimate of drug-likeness (QED) is 0.306. The van der Waals surface area contributed by atoms with Gasteiger partial charge in [-0.15, -0.1) is 10.2 Å². The Balaban J connectivity index is 2.02. The highest BCUT2D eigenvalue weighted by molar-refractivity contribution is 6.05. The van der Waals surface area contributed by atoms with Crippen molar-refractivity contribution >= 4 is 11.4 Å². The predicted octanol–water partition coefficient (Wildman–Crippen LogP) is 4.99. The Kier molecular flexibility index (Phi) is 5.30. The number of carbonyl (C=O) groups excluding carboxylic acids is 1. The molecule has 0 spiro atoms. The number of alkyl halides is 5. The fraction of sp³-hybridized carbons (Fsp3) is 0.143. The molecule has 0 bridgehead atoms. The second kappa shape index (κ2) is 7.87. The summed E-state index contributed by atoms with van der Waals surface area (Å²) in [4.78, 5) is 12.3. The number of ketones is 1. The molecule has 0 atom stereocenters. The molecule has 4 rings (SSSR count). The summed E-state index contributed by atoms with van der Waals surface area (Å²) in [6, 6.07) is 11.6. The molecule has 6 nitrogen and oxygen atoms in total. The summed E-state index contributed by atoms with van der Waals surface area (Å²) in [7, 11) is 1.18. The van der Waals surface area contributed by atoms with E-state index in [0.717, 1.165) is 16.6 Å². The number of aromatic nitrogens is 4. The topological polar surface area (TPSA) is 69.4 Å². The van der Waals surface area contributed by atoms with E-state index in [-0.39, 0.29) is 17.0 Å². The maximum absolute atomic E-state index is 14.4. The molecule has 0 radical (unpaired) electrons. The molecule has 0 saturated heterocycles. The largest absolute Gasteiger partial charge is 0.494 e. The predicted molar refractivity (Wildman–Crippen MR) is 103 cm³/mol. The fourth-order valence-corrected chi connectivity index (χ4v) is 3.17. The first kappa shape index (κ1) is 22.2. The van der Waals surface area contributed by atoms with Gasteiger partial charge in [0.25, 0.3) is 5.78 Å². The van der Waals surface area contributed by atoms with Crippen molar-refractivity contribution in [2.45, 2.75) is 12.1 Å². The van der Waals surface area contributed by atoms with Crippen LogP contribution in [0.4, 0.5) is 26.3 Å². The van der Waals surface area contributed by atoms with Gasteiger partial charge >= 0.3 is 12.1 Å². The summed E-state index contributed by atoms with van der Waals surface area (Å²) in [5, 5.41) is 11.1. The number of hydrogen-bond acceptors (Lipinski definition) is 5. The zero-order chi connectivity index (χ0) is 24.0. The SMILES string of the molecule is COc1ccc(-c2c(C(=O)C(F)(F)C(F)(F)F)nnc3c(-c4ccccc4)cnn23)cc1F. The second-order valence-corrected chi connectivity index (χ2v) is 6.81. The number of fused-ring (bicyclic) bond motifs is 1. The van der Waals surface area contributed by atoms with E-state index < -0.39 is 35.1 Å². The summed E-state index contributed by atoms with van der Waals surface area (Å²) >= 11 is 0. The van der Waals surface area contributed by atoms with Crippen molar-refractivity contribution in [1.29, 1.82) is 0 Å². The molecular weight excluding hydrogens is 454 g/mol. The number of carbonyl (C=O) groups is 1. The van der Waals surface area contributed by atoms with Crippen LogP contribution in [0.3, 0.4) is 0 Å². The van der Waals surface area contributed by atoms with E-state index in [0.29, 0.717) is 11.1 Å². The minimum absolute atomic E-state index is 0.0423. The maximum Gasteiger partial charge on any atom is 0.461 e. The standard InChI is InChI=1S/C21H12F6N4O2/c1-33-15-8-7-12(9-14(15)22)17-16(18(32)20(23,24)21(25,26)27)29-30-19-13(10-28-31(17)19)11-5-3-2-4-6-11/h2-10H,1H3. The molecule has 2 heterocycles. The molecule has 170 valence electrons. The number of benzene rings is 2. The zero-order valence-corrected chi connectivity index (χ0v) is 16.6. The van der Waals surface area contributed by atoms with E-state index >= 15 is 0 Å². The van der Waals surface area contributed by atoms with E-state index in [1.807, 2.05) is 0 Å². The number of nitrogens with zero attached hydrogens (tertiary/aromatic N) is 4. The Bertz CT molecular complexity index is 1350. The summed E-state index contributed by atoms with van der Waals surface area (Å²) in [6.07, 6.45) is -4.90. The molecule has 0 N–H and O–H groups in total. The van der Waals surface area contributed by atoms with Crippen molar-refractivity contribution in [3.63, 3.8) is 0 Å². The molecule has 0 aliphatic heterocycles. The average Bonchev–Trinajstić information content (AvgIpc) is 3.22. The molecule has 0 fully saturated rings. The average molecular weight is 466 g/mol. The Labute approximate surface area is 181 Å². The smallest absolute Gasteiger partial charge is 0.461 e. The summed E-state index contributed by atoms with van der Waals surface area (Å²) in [5.41, 5.74) is -1.24. The Hall–Kier alpha value is -3.96. The van der Waals surface area contributed by atoms with E-state index in [1.165, 1.54) is 19.4 Å². The van der Waals surface area contributed by atoms with Crippen molar-refractivity contribution in [1.82, 2.24) is 19.8 Å². The molecule has 0 saturated carbocycles. The van der Waals surface area contributed by atoms with Gasteiger partial charge in [0.15, 0.2) is 22.9 Å². The van der Waals surface area contributed by atoms with Gasteiger partial charge in [-0.05, 0) is 23.8 Å². The van der Waals surface area contributed by atoms with Crippen LogP contribution in [0.25, 0.3) is 28.0 Å². The number of Topliss-reactive ketones (excluding diaryl/α,β-unsaturated/α-hetero) is 1. The van der Waals surface area contributed by atoms with E-state index in [2.05, 4.69) is 15.3 Å². The Morgan fingerprint density at radius 1 is 0.970 bits per heavy atom. The fourth-order valence-electron chi connectivity index (χ4n) is 3.17. The second-order valence-electron chi connectivity index (χ2n) is 6.81. The Morgan fingerprint density at radius 3 is 2.27 bits per heavy atom.